The molecule has 3 unspecified atom stereocenters. The monoisotopic (exact) mass is 1590 g/mol. The molecule has 0 bridgehead atoms. The van der Waals surface area contributed by atoms with Crippen molar-refractivity contribution in [1.82, 2.24) is 35.9 Å². The molecule has 44 nitrogen and oxygen atoms in total. The number of aromatic nitrogens is 4. The maximum atomic E-state index is 13.7. The third-order valence-corrected chi connectivity index (χ3v) is 18.4. The van der Waals surface area contributed by atoms with E-state index < -0.39 is 185 Å². The number of carbonyl (C=O) groups is 7. The minimum absolute atomic E-state index is 0.00784. The molecule has 5 heterocycles. The number of hydrogen-bond donors (Lipinski definition) is 19. The lowest BCUT2D eigenvalue weighted by atomic mass is 9.80. The number of ether oxygens (including phenoxy) is 13. The predicted molar refractivity (Wildman–Crippen MR) is 374 cm³/mol. The quantitative estimate of drug-likeness (QED) is 0.0142. The molecule has 111 heavy (non-hydrogen) atoms. The van der Waals surface area contributed by atoms with Crippen LogP contribution in [0.25, 0.3) is 11.2 Å². The number of benzene rings is 1. The van der Waals surface area contributed by atoms with E-state index in [0.717, 1.165) is 0 Å². The third kappa shape index (κ3) is 27.1. The van der Waals surface area contributed by atoms with E-state index in [-0.39, 0.29) is 145 Å². The number of rotatable bonds is 45. The number of hydrogen-bond acceptors (Lipinski definition) is 39. The number of aliphatic hydroxyl groups is 12. The topological polar surface area (TPSA) is 677 Å². The van der Waals surface area contributed by atoms with Crippen LogP contribution in [0.15, 0.2) is 30.5 Å². The minimum atomic E-state index is -1.92. The molecule has 23 N–H and O–H groups in total. The first kappa shape index (κ1) is 90.3. The zero-order valence-electron chi connectivity index (χ0n) is 61.0. The fourth-order valence-electron chi connectivity index (χ4n) is 12.3. The first-order valence-electron chi connectivity index (χ1n) is 36.2. The molecule has 0 spiro atoms. The van der Waals surface area contributed by atoms with E-state index in [1.807, 2.05) is 4.90 Å². The van der Waals surface area contributed by atoms with E-state index in [1.54, 1.807) is 31.3 Å². The number of carbonyl (C=O) groups excluding carboxylic acids is 7. The Kier molecular flexibility index (Phi) is 37.2. The molecule has 3 aromatic rings. The normalized spacial score (nSPS) is 28.3. The minimum Gasteiger partial charge on any atom is -0.466 e. The van der Waals surface area contributed by atoms with Crippen molar-refractivity contribution in [1.29, 1.82) is 0 Å². The van der Waals surface area contributed by atoms with Gasteiger partial charge in [-0.15, -0.1) is 0 Å². The van der Waals surface area contributed by atoms with E-state index >= 15 is 0 Å². The highest BCUT2D eigenvalue weighted by molar-refractivity contribution is 5.97. The molecule has 1 aliphatic carbocycles. The molecule has 3 aliphatic heterocycles. The van der Waals surface area contributed by atoms with Gasteiger partial charge in [0.1, 0.15) is 79.3 Å². The Balaban J connectivity index is 0.796. The van der Waals surface area contributed by atoms with Crippen LogP contribution in [0.5, 0.6) is 0 Å². The summed E-state index contributed by atoms with van der Waals surface area (Å²) in [7, 11) is 1.79. The number of fused-ring (bicyclic) bond motifs is 1. The number of primary amides is 2. The summed E-state index contributed by atoms with van der Waals surface area (Å²) in [5.74, 6) is -3.67. The standard InChI is InChI=1S/C67H104N12O32/c1-79(28-35-27-74-59-45(75-35)58(68)77-65(69)78-59)36-12-10-33(11-13-36)60(95)76-37(61(96)102-19-7-3-5-9-43(85)73-17-21-100-23-25-104-64-57(52(93)48(89)40(31-82)108-64)109-62-53(94)55(111-67(71)98)50(91)41(32-83)106-62)14-15-44(86)101-18-6-2-4-8-42(84)72-16-20-99-22-24-103-63-56(51(92)47(88)39(30-81)107-63)105-38-26-34(29-80)46(87)54(49(38)90)110-66(70)97/h10-13,27,34,37-41,46-57,62-64,80-83,87-94H,2-9,14-26,28-32H2,1H3,(H2,70,97)(H2,71,98)(H,72,84)(H,73,85)(H,76,95)(H4,68,69,74,77,78)/t34-,37?,38+,39+,40-,41+,46-,47-,48+,49-,50+,51+,52-,53-,54+,55-,56+,57-,62+,63?,64?/m1/s1. The Bertz CT molecular complexity index is 3400. The first-order chi connectivity index (χ1) is 53.2. The lowest BCUT2D eigenvalue weighted by Gasteiger charge is -2.46. The molecule has 4 aliphatic rings. The molecule has 624 valence electrons. The van der Waals surface area contributed by atoms with Crippen LogP contribution >= 0.6 is 0 Å². The Labute approximate surface area is 635 Å². The summed E-state index contributed by atoms with van der Waals surface area (Å²) < 4.78 is 71.5. The van der Waals surface area contributed by atoms with Gasteiger partial charge in [-0.2, -0.15) is 9.97 Å². The van der Waals surface area contributed by atoms with Crippen LogP contribution in [0.2, 0.25) is 0 Å². The van der Waals surface area contributed by atoms with E-state index in [9.17, 15) is 94.8 Å². The van der Waals surface area contributed by atoms with Crippen molar-refractivity contribution in [2.75, 3.05) is 116 Å². The lowest BCUT2D eigenvalue weighted by molar-refractivity contribution is -0.367. The smallest absolute Gasteiger partial charge is 0.404 e. The summed E-state index contributed by atoms with van der Waals surface area (Å²) in [6.45, 7) is -3.05. The number of anilines is 3. The van der Waals surface area contributed by atoms with Crippen LogP contribution in [-0.4, -0.2) is 345 Å². The highest BCUT2D eigenvalue weighted by atomic mass is 16.8. The molecule has 1 aromatic carbocycles. The number of nitrogens with zero attached hydrogens (tertiary/aromatic N) is 5. The van der Waals surface area contributed by atoms with Gasteiger partial charge in [-0.3, -0.25) is 19.2 Å². The number of aliphatic hydroxyl groups excluding tert-OH is 12. The van der Waals surface area contributed by atoms with Gasteiger partial charge in [-0.1, -0.05) is 0 Å². The van der Waals surface area contributed by atoms with E-state index in [2.05, 4.69) is 35.9 Å². The van der Waals surface area contributed by atoms with Gasteiger partial charge in [0.25, 0.3) is 5.91 Å². The fourth-order valence-corrected chi connectivity index (χ4v) is 12.3. The van der Waals surface area contributed by atoms with Gasteiger partial charge in [0, 0.05) is 63.2 Å². The highest BCUT2D eigenvalue weighted by Crippen LogP contribution is 2.35. The molecular formula is C67H104N12O32. The maximum Gasteiger partial charge on any atom is 0.404 e. The van der Waals surface area contributed by atoms with Crippen LogP contribution in [-0.2, 0) is 87.3 Å². The lowest BCUT2D eigenvalue weighted by Crippen LogP contribution is -2.65. The number of esters is 2. The second kappa shape index (κ2) is 45.7. The van der Waals surface area contributed by atoms with Crippen LogP contribution in [0, 0.1) is 5.92 Å². The molecule has 7 rings (SSSR count). The summed E-state index contributed by atoms with van der Waals surface area (Å²) in [5, 5.41) is 133. The Morgan fingerprint density at radius 3 is 1.64 bits per heavy atom. The number of amides is 5. The van der Waals surface area contributed by atoms with Gasteiger partial charge in [0.2, 0.25) is 17.8 Å². The van der Waals surface area contributed by atoms with Crippen molar-refractivity contribution in [3.05, 3.63) is 41.7 Å². The van der Waals surface area contributed by atoms with E-state index in [0.29, 0.717) is 49.9 Å². The summed E-state index contributed by atoms with van der Waals surface area (Å²) in [6, 6.07) is 5.14. The molecule has 5 amide bonds. The van der Waals surface area contributed by atoms with Gasteiger partial charge in [0.05, 0.1) is 103 Å². The largest absolute Gasteiger partial charge is 0.466 e. The average molecular weight is 1590 g/mol. The van der Waals surface area contributed by atoms with Crippen LogP contribution in [0.1, 0.15) is 86.7 Å². The molecule has 4 fully saturated rings. The molecule has 3 saturated heterocycles. The first-order valence-corrected chi connectivity index (χ1v) is 36.2. The van der Waals surface area contributed by atoms with Crippen LogP contribution in [0.4, 0.5) is 27.0 Å². The number of nitrogens with one attached hydrogen (secondary N) is 3. The molecule has 0 radical (unpaired) electrons. The molecule has 1 saturated carbocycles. The van der Waals surface area contributed by atoms with Gasteiger partial charge in [-0.25, -0.2) is 24.4 Å². The van der Waals surface area contributed by atoms with Crippen LogP contribution < -0.4 is 43.8 Å². The van der Waals surface area contributed by atoms with Crippen molar-refractivity contribution in [2.24, 2.45) is 17.4 Å². The summed E-state index contributed by atoms with van der Waals surface area (Å²) >= 11 is 0. The van der Waals surface area contributed by atoms with Crippen molar-refractivity contribution in [3.8, 4) is 0 Å². The molecule has 44 heteroatoms. The maximum absolute atomic E-state index is 13.7. The highest BCUT2D eigenvalue weighted by Gasteiger charge is 2.54. The fraction of sp³-hybridized carbons (Fsp3) is 0.716. The molecule has 2 aromatic heterocycles. The van der Waals surface area contributed by atoms with Crippen molar-refractivity contribution in [2.45, 2.75) is 200 Å². The predicted octanol–water partition coefficient (Wildman–Crippen LogP) is -7.28. The second-order valence-corrected chi connectivity index (χ2v) is 26.5. The summed E-state index contributed by atoms with van der Waals surface area (Å²) in [5.41, 5.74) is 23.8. The summed E-state index contributed by atoms with van der Waals surface area (Å²) in [4.78, 5) is 107. The Morgan fingerprint density at radius 2 is 1.09 bits per heavy atom. The van der Waals surface area contributed by atoms with Crippen molar-refractivity contribution >= 4 is 70.5 Å². The van der Waals surface area contributed by atoms with Crippen LogP contribution in [0.3, 0.4) is 0 Å². The molecule has 21 atom stereocenters. The Morgan fingerprint density at radius 1 is 0.559 bits per heavy atom. The third-order valence-electron chi connectivity index (χ3n) is 18.4. The second-order valence-electron chi connectivity index (χ2n) is 26.5. The van der Waals surface area contributed by atoms with Gasteiger partial charge < -0.3 is 167 Å². The van der Waals surface area contributed by atoms with Gasteiger partial charge in [-0.05, 0) is 75.6 Å². The van der Waals surface area contributed by atoms with Crippen molar-refractivity contribution in [3.63, 3.8) is 0 Å². The zero-order chi connectivity index (χ0) is 80.8. The zero-order valence-corrected chi connectivity index (χ0v) is 61.0. The SMILES string of the molecule is CN(Cc1cnc2nc(N)nc(N)c2n1)c1ccc(C(=O)NC(CCC(=O)OCCCCCC(=O)NCCOCCOC2O[C@@H](CO)[C@@H](O)[C@H](O)[C@@H]2O[C@H]2C[C@H](CO)[C@@H](O)[C@H](OC(N)=O)[C@@H]2O)C(=O)OCCCCCC(=O)NCCOCCOC2O[C@H](CO)[C@H](O)[C@@H](O)[C@H]2O[C@@H]2O[C@@H](CO)[C@H](O)[C@@H](OC(N)=O)[C@H]2O)cc1. The van der Waals surface area contributed by atoms with Gasteiger partial charge >= 0.3 is 24.1 Å². The van der Waals surface area contributed by atoms with E-state index in [1.165, 1.54) is 6.20 Å². The van der Waals surface area contributed by atoms with Gasteiger partial charge in [0.15, 0.2) is 48.1 Å². The number of unbranched alkanes of at least 4 members (excludes halogenated alkanes) is 4. The summed E-state index contributed by atoms with van der Waals surface area (Å²) in [6.07, 6.45) is -29.6. The number of nitrogen functional groups attached to an aromatic ring is 2. The average Bonchev–Trinajstić information content (AvgIpc) is 0.793. The van der Waals surface area contributed by atoms with E-state index in [4.69, 9.17) is 84.5 Å². The number of nitrogens with two attached hydrogens (primary N) is 4. The van der Waals surface area contributed by atoms with Crippen molar-refractivity contribution < 1.29 is 156 Å². The molecular weight excluding hydrogens is 1480 g/mol. The Hall–Kier alpha value is -7.91.